The van der Waals surface area contributed by atoms with Gasteiger partial charge in [-0.1, -0.05) is 12.1 Å². The van der Waals surface area contributed by atoms with Gasteiger partial charge in [-0.15, -0.1) is 0 Å². The summed E-state index contributed by atoms with van der Waals surface area (Å²) in [5, 5.41) is 0. The Balaban J connectivity index is 1.50. The highest BCUT2D eigenvalue weighted by atomic mass is 32.2. The molecule has 0 aliphatic carbocycles. The molecule has 25 heavy (non-hydrogen) atoms. The van der Waals surface area contributed by atoms with Crippen LogP contribution in [0.1, 0.15) is 11.1 Å². The summed E-state index contributed by atoms with van der Waals surface area (Å²) in [7, 11) is -3.45. The summed E-state index contributed by atoms with van der Waals surface area (Å²) in [5.74, 6) is 0.809. The molecule has 2 aliphatic rings. The standard InChI is InChI=1S/C19H22N2O3S/c1-15-3-2-4-17(13-15)20-8-10-21(11-9-20)25(22,23)18-5-6-19-16(14-18)7-12-24-19/h2-6,13-14H,7-12H2,1H3. The Labute approximate surface area is 148 Å². The first-order valence-electron chi connectivity index (χ1n) is 8.61. The molecule has 0 amide bonds. The summed E-state index contributed by atoms with van der Waals surface area (Å²) in [5.41, 5.74) is 3.36. The van der Waals surface area contributed by atoms with E-state index in [1.807, 2.05) is 6.07 Å². The van der Waals surface area contributed by atoms with Crippen LogP contribution >= 0.6 is 0 Å². The van der Waals surface area contributed by atoms with Crippen molar-refractivity contribution in [2.24, 2.45) is 0 Å². The fourth-order valence-corrected chi connectivity index (χ4v) is 4.96. The molecule has 4 rings (SSSR count). The summed E-state index contributed by atoms with van der Waals surface area (Å²) in [6, 6.07) is 13.5. The number of hydrogen-bond donors (Lipinski definition) is 0. The van der Waals surface area contributed by atoms with Crippen LogP contribution in [0.3, 0.4) is 0 Å². The number of rotatable bonds is 3. The Morgan fingerprint density at radius 2 is 1.80 bits per heavy atom. The zero-order valence-corrected chi connectivity index (χ0v) is 15.1. The molecule has 5 nitrogen and oxygen atoms in total. The van der Waals surface area contributed by atoms with Crippen LogP contribution in [0, 0.1) is 6.92 Å². The third-order valence-electron chi connectivity index (χ3n) is 4.90. The summed E-state index contributed by atoms with van der Waals surface area (Å²) in [4.78, 5) is 2.62. The van der Waals surface area contributed by atoms with Crippen molar-refractivity contribution in [1.29, 1.82) is 0 Å². The topological polar surface area (TPSA) is 49.9 Å². The van der Waals surface area contributed by atoms with Crippen molar-refractivity contribution in [1.82, 2.24) is 4.31 Å². The maximum absolute atomic E-state index is 13.0. The van der Waals surface area contributed by atoms with Gasteiger partial charge < -0.3 is 9.64 Å². The minimum absolute atomic E-state index is 0.376. The van der Waals surface area contributed by atoms with E-state index in [1.165, 1.54) is 5.56 Å². The Bertz CT molecular complexity index is 887. The summed E-state index contributed by atoms with van der Waals surface area (Å²) in [6.07, 6.45) is 0.778. The Morgan fingerprint density at radius 1 is 1.00 bits per heavy atom. The molecule has 2 aromatic carbocycles. The van der Waals surface area contributed by atoms with Crippen LogP contribution in [0.5, 0.6) is 5.75 Å². The molecule has 0 unspecified atom stereocenters. The second-order valence-corrected chi connectivity index (χ2v) is 8.54. The zero-order valence-electron chi connectivity index (χ0n) is 14.3. The van der Waals surface area contributed by atoms with Crippen molar-refractivity contribution in [3.05, 3.63) is 53.6 Å². The van der Waals surface area contributed by atoms with Gasteiger partial charge in [0.2, 0.25) is 10.0 Å². The lowest BCUT2D eigenvalue weighted by atomic mass is 10.2. The normalized spacial score (nSPS) is 18.0. The maximum atomic E-state index is 13.0. The number of ether oxygens (including phenoxy) is 1. The summed E-state index contributed by atoms with van der Waals surface area (Å²) in [6.45, 7) is 5.12. The number of sulfonamides is 1. The highest BCUT2D eigenvalue weighted by Gasteiger charge is 2.29. The molecule has 0 aromatic heterocycles. The lowest BCUT2D eigenvalue weighted by molar-refractivity contribution is 0.356. The van der Waals surface area contributed by atoms with E-state index >= 15 is 0 Å². The predicted molar refractivity (Wildman–Crippen MR) is 97.8 cm³/mol. The molecular weight excluding hydrogens is 336 g/mol. The van der Waals surface area contributed by atoms with Gasteiger partial charge in [0.1, 0.15) is 5.75 Å². The second-order valence-electron chi connectivity index (χ2n) is 6.60. The molecule has 0 N–H and O–H groups in total. The molecule has 0 spiro atoms. The first-order chi connectivity index (χ1) is 12.0. The summed E-state index contributed by atoms with van der Waals surface area (Å²) < 4.78 is 33.0. The SMILES string of the molecule is Cc1cccc(N2CCN(S(=O)(=O)c3ccc4c(c3)CCO4)CC2)c1. The largest absolute Gasteiger partial charge is 0.493 e. The minimum Gasteiger partial charge on any atom is -0.493 e. The first kappa shape index (κ1) is 16.4. The Morgan fingerprint density at radius 3 is 2.56 bits per heavy atom. The van der Waals surface area contributed by atoms with Crippen LogP contribution in [-0.4, -0.2) is 45.5 Å². The van der Waals surface area contributed by atoms with Crippen molar-refractivity contribution in [3.8, 4) is 5.75 Å². The van der Waals surface area contributed by atoms with Gasteiger partial charge in [0.15, 0.2) is 0 Å². The van der Waals surface area contributed by atoms with Gasteiger partial charge in [-0.3, -0.25) is 0 Å². The van der Waals surface area contributed by atoms with Gasteiger partial charge in [0.25, 0.3) is 0 Å². The van der Waals surface area contributed by atoms with E-state index in [2.05, 4.69) is 30.0 Å². The molecule has 0 radical (unpaired) electrons. The average molecular weight is 358 g/mol. The molecule has 0 bridgehead atoms. The fourth-order valence-electron chi connectivity index (χ4n) is 3.48. The number of fused-ring (bicyclic) bond motifs is 1. The molecule has 1 fully saturated rings. The molecule has 6 heteroatoms. The molecular formula is C19H22N2O3S. The Hall–Kier alpha value is -2.05. The number of aryl methyl sites for hydroxylation is 1. The van der Waals surface area contributed by atoms with Gasteiger partial charge in [0, 0.05) is 38.3 Å². The zero-order chi connectivity index (χ0) is 17.4. The monoisotopic (exact) mass is 358 g/mol. The predicted octanol–water partition coefficient (Wildman–Crippen LogP) is 2.44. The van der Waals surface area contributed by atoms with E-state index in [1.54, 1.807) is 22.5 Å². The lowest BCUT2D eigenvalue weighted by Gasteiger charge is -2.35. The van der Waals surface area contributed by atoms with E-state index in [-0.39, 0.29) is 0 Å². The van der Waals surface area contributed by atoms with Crippen molar-refractivity contribution >= 4 is 15.7 Å². The van der Waals surface area contributed by atoms with Crippen LogP contribution in [-0.2, 0) is 16.4 Å². The third-order valence-corrected chi connectivity index (χ3v) is 6.80. The van der Waals surface area contributed by atoms with E-state index in [0.717, 1.165) is 23.4 Å². The summed E-state index contributed by atoms with van der Waals surface area (Å²) >= 11 is 0. The number of anilines is 1. The quantitative estimate of drug-likeness (QED) is 0.846. The fraction of sp³-hybridized carbons (Fsp3) is 0.368. The molecule has 2 aliphatic heterocycles. The average Bonchev–Trinajstić information content (AvgIpc) is 3.09. The highest BCUT2D eigenvalue weighted by molar-refractivity contribution is 7.89. The van der Waals surface area contributed by atoms with Gasteiger partial charge >= 0.3 is 0 Å². The minimum atomic E-state index is -3.45. The number of hydrogen-bond acceptors (Lipinski definition) is 4. The second kappa shape index (κ2) is 6.35. The van der Waals surface area contributed by atoms with Crippen molar-refractivity contribution in [2.75, 3.05) is 37.7 Å². The van der Waals surface area contributed by atoms with Crippen molar-refractivity contribution in [2.45, 2.75) is 18.2 Å². The molecule has 132 valence electrons. The van der Waals surface area contributed by atoms with E-state index in [4.69, 9.17) is 4.74 Å². The molecule has 1 saturated heterocycles. The smallest absolute Gasteiger partial charge is 0.243 e. The molecule has 2 aromatic rings. The van der Waals surface area contributed by atoms with E-state index < -0.39 is 10.0 Å². The van der Waals surface area contributed by atoms with Crippen LogP contribution in [0.15, 0.2) is 47.4 Å². The van der Waals surface area contributed by atoms with E-state index in [9.17, 15) is 8.42 Å². The molecule has 0 atom stereocenters. The molecule has 2 heterocycles. The highest BCUT2D eigenvalue weighted by Crippen LogP contribution is 2.29. The van der Waals surface area contributed by atoms with Crippen LogP contribution in [0.2, 0.25) is 0 Å². The van der Waals surface area contributed by atoms with Gasteiger partial charge in [-0.2, -0.15) is 4.31 Å². The first-order valence-corrected chi connectivity index (χ1v) is 10.1. The van der Waals surface area contributed by atoms with E-state index in [0.29, 0.717) is 37.7 Å². The van der Waals surface area contributed by atoms with Crippen molar-refractivity contribution < 1.29 is 13.2 Å². The van der Waals surface area contributed by atoms with Crippen LogP contribution in [0.25, 0.3) is 0 Å². The lowest BCUT2D eigenvalue weighted by Crippen LogP contribution is -2.48. The van der Waals surface area contributed by atoms with Crippen LogP contribution in [0.4, 0.5) is 5.69 Å². The number of piperazine rings is 1. The van der Waals surface area contributed by atoms with Gasteiger partial charge in [0.05, 0.1) is 11.5 Å². The van der Waals surface area contributed by atoms with Gasteiger partial charge in [-0.25, -0.2) is 8.42 Å². The Kier molecular flexibility index (Phi) is 4.17. The van der Waals surface area contributed by atoms with Gasteiger partial charge in [-0.05, 0) is 48.4 Å². The third kappa shape index (κ3) is 3.12. The number of benzene rings is 2. The number of nitrogens with zero attached hydrogens (tertiary/aromatic N) is 2. The molecule has 0 saturated carbocycles. The van der Waals surface area contributed by atoms with Crippen LogP contribution < -0.4 is 9.64 Å². The maximum Gasteiger partial charge on any atom is 0.243 e. The van der Waals surface area contributed by atoms with Crippen molar-refractivity contribution in [3.63, 3.8) is 0 Å².